The van der Waals surface area contributed by atoms with Crippen molar-refractivity contribution >= 4 is 6.91 Å². The average Bonchev–Trinajstić information content (AvgIpc) is 2.23. The van der Waals surface area contributed by atoms with Crippen LogP contribution in [0.5, 0.6) is 0 Å². The Labute approximate surface area is 81.4 Å². The van der Waals surface area contributed by atoms with Crippen molar-refractivity contribution in [1.82, 2.24) is 0 Å². The van der Waals surface area contributed by atoms with E-state index in [1.165, 1.54) is 6.07 Å². The van der Waals surface area contributed by atoms with E-state index < -0.39 is 11.6 Å². The first kappa shape index (κ1) is 9.07. The van der Waals surface area contributed by atoms with Gasteiger partial charge in [-0.2, -0.15) is 0 Å². The average molecular weight is 188 g/mol. The van der Waals surface area contributed by atoms with Gasteiger partial charge in [-0.3, -0.25) is 0 Å². The van der Waals surface area contributed by atoms with Crippen LogP contribution in [0.2, 0.25) is 0 Å². The normalized spacial score (nSPS) is 9.86. The summed E-state index contributed by atoms with van der Waals surface area (Å²) >= 11 is 0. The van der Waals surface area contributed by atoms with Crippen LogP contribution in [0.4, 0.5) is 8.78 Å². The van der Waals surface area contributed by atoms with Crippen molar-refractivity contribution in [1.29, 1.82) is 0 Å². The van der Waals surface area contributed by atoms with E-state index in [0.29, 0.717) is 11.0 Å². The summed E-state index contributed by atoms with van der Waals surface area (Å²) in [6, 6.07) is 8.82. The molecule has 2 aromatic rings. The van der Waals surface area contributed by atoms with Gasteiger partial charge in [-0.15, -0.1) is 0 Å². The summed E-state index contributed by atoms with van der Waals surface area (Å²) in [7, 11) is 0. The molecule has 0 saturated carbocycles. The van der Waals surface area contributed by atoms with Crippen LogP contribution >= 0.6 is 0 Å². The molecule has 0 aliphatic heterocycles. The van der Waals surface area contributed by atoms with Crippen LogP contribution in [0.1, 0.15) is 0 Å². The fourth-order valence-corrected chi connectivity index (χ4v) is 1.34. The molecular formula is C11H7BF2. The van der Waals surface area contributed by atoms with Crippen molar-refractivity contribution in [2.24, 2.45) is 0 Å². The summed E-state index contributed by atoms with van der Waals surface area (Å²) in [6.07, 6.45) is 0. The van der Waals surface area contributed by atoms with Gasteiger partial charge in [-0.05, 0) is 0 Å². The zero-order valence-electron chi connectivity index (χ0n) is 7.37. The molecule has 0 nitrogen and oxygen atoms in total. The van der Waals surface area contributed by atoms with Crippen LogP contribution in [-0.4, -0.2) is 6.91 Å². The van der Waals surface area contributed by atoms with Crippen molar-refractivity contribution in [2.75, 3.05) is 0 Å². The SMILES string of the molecule is Fc1ccc(F)c(-c2bcccc2)c1. The van der Waals surface area contributed by atoms with Crippen LogP contribution in [0.3, 0.4) is 0 Å². The first-order valence-corrected chi connectivity index (χ1v) is 4.28. The minimum atomic E-state index is -0.426. The molecule has 0 atom stereocenters. The van der Waals surface area contributed by atoms with Crippen LogP contribution in [0.15, 0.2) is 42.4 Å². The van der Waals surface area contributed by atoms with E-state index in [2.05, 4.69) is 0 Å². The number of hydrogen-bond donors (Lipinski definition) is 0. The van der Waals surface area contributed by atoms with Crippen LogP contribution < -0.4 is 0 Å². The molecule has 2 rings (SSSR count). The zero-order chi connectivity index (χ0) is 9.97. The molecule has 0 amide bonds. The Kier molecular flexibility index (Phi) is 2.40. The van der Waals surface area contributed by atoms with E-state index in [1.54, 1.807) is 25.0 Å². The van der Waals surface area contributed by atoms with Gasteiger partial charge in [-0.25, -0.2) is 0 Å². The van der Waals surface area contributed by atoms with E-state index in [-0.39, 0.29) is 0 Å². The summed E-state index contributed by atoms with van der Waals surface area (Å²) < 4.78 is 26.2. The molecule has 1 aromatic heterocycles. The molecule has 14 heavy (non-hydrogen) atoms. The monoisotopic (exact) mass is 188 g/mol. The second-order valence-electron chi connectivity index (χ2n) is 2.99. The molecule has 68 valence electrons. The van der Waals surface area contributed by atoms with Crippen molar-refractivity contribution in [3.05, 3.63) is 54.0 Å². The molecule has 0 spiro atoms. The molecule has 3 heteroatoms. The van der Waals surface area contributed by atoms with Crippen molar-refractivity contribution < 1.29 is 8.78 Å². The molecule has 0 aliphatic rings. The molecule has 0 bridgehead atoms. The molecule has 0 aliphatic carbocycles. The summed E-state index contributed by atoms with van der Waals surface area (Å²) in [5.41, 5.74) is 0.982. The summed E-state index contributed by atoms with van der Waals surface area (Å²) in [5.74, 6) is 0.961. The fourth-order valence-electron chi connectivity index (χ4n) is 1.34. The Morgan fingerprint density at radius 3 is 2.57 bits per heavy atom. The predicted molar refractivity (Wildman–Crippen MR) is 53.1 cm³/mol. The van der Waals surface area contributed by atoms with E-state index >= 15 is 0 Å². The first-order chi connectivity index (χ1) is 6.77. The number of halogens is 2. The van der Waals surface area contributed by atoms with E-state index in [9.17, 15) is 8.78 Å². The summed E-state index contributed by atoms with van der Waals surface area (Å²) in [4.78, 5) is 0. The topological polar surface area (TPSA) is 0 Å². The predicted octanol–water partition coefficient (Wildman–Crippen LogP) is 2.97. The van der Waals surface area contributed by atoms with Gasteiger partial charge in [0.15, 0.2) is 0 Å². The third-order valence-corrected chi connectivity index (χ3v) is 2.01. The van der Waals surface area contributed by atoms with Crippen molar-refractivity contribution in [3.63, 3.8) is 0 Å². The molecule has 0 unspecified atom stereocenters. The van der Waals surface area contributed by atoms with Gasteiger partial charge in [-0.1, -0.05) is 0 Å². The van der Waals surface area contributed by atoms with Gasteiger partial charge in [0.25, 0.3) is 0 Å². The van der Waals surface area contributed by atoms with E-state index in [1.807, 2.05) is 6.07 Å². The number of rotatable bonds is 1. The molecule has 0 fully saturated rings. The van der Waals surface area contributed by atoms with Gasteiger partial charge in [0, 0.05) is 0 Å². The van der Waals surface area contributed by atoms with Crippen LogP contribution in [0, 0.1) is 11.6 Å². The van der Waals surface area contributed by atoms with E-state index in [0.717, 1.165) is 12.1 Å². The Morgan fingerprint density at radius 1 is 1.00 bits per heavy atom. The third kappa shape index (κ3) is 1.71. The second kappa shape index (κ2) is 3.70. The van der Waals surface area contributed by atoms with Gasteiger partial charge in [0.1, 0.15) is 0 Å². The quantitative estimate of drug-likeness (QED) is 0.645. The van der Waals surface area contributed by atoms with Gasteiger partial charge < -0.3 is 0 Å². The van der Waals surface area contributed by atoms with E-state index in [4.69, 9.17) is 0 Å². The van der Waals surface area contributed by atoms with Crippen molar-refractivity contribution in [3.8, 4) is 11.0 Å². The maximum absolute atomic E-state index is 13.3. The Morgan fingerprint density at radius 2 is 1.86 bits per heavy atom. The number of benzene rings is 1. The zero-order valence-corrected chi connectivity index (χ0v) is 7.37. The maximum atomic E-state index is 13.3. The van der Waals surface area contributed by atoms with Gasteiger partial charge in [0.2, 0.25) is 0 Å². The molecule has 0 radical (unpaired) electrons. The molecule has 1 heterocycles. The van der Waals surface area contributed by atoms with Crippen LogP contribution in [0.25, 0.3) is 11.0 Å². The van der Waals surface area contributed by atoms with Crippen molar-refractivity contribution in [2.45, 2.75) is 0 Å². The first-order valence-electron chi connectivity index (χ1n) is 4.28. The molecular weight excluding hydrogens is 181 g/mol. The Hall–Kier alpha value is -1.51. The Balaban J connectivity index is 2.57. The minimum absolute atomic E-state index is 0.297. The molecule has 0 saturated heterocycles. The van der Waals surface area contributed by atoms with Gasteiger partial charge >= 0.3 is 80.7 Å². The fraction of sp³-hybridized carbons (Fsp3) is 0. The molecule has 0 N–H and O–H groups in total. The second-order valence-corrected chi connectivity index (χ2v) is 2.99. The summed E-state index contributed by atoms with van der Waals surface area (Å²) in [6.45, 7) is 1.75. The Bertz CT molecular complexity index is 440. The third-order valence-electron chi connectivity index (χ3n) is 2.01. The van der Waals surface area contributed by atoms with Gasteiger partial charge in [0.05, 0.1) is 0 Å². The molecule has 1 aromatic carbocycles. The van der Waals surface area contributed by atoms with Crippen LogP contribution in [-0.2, 0) is 0 Å². The number of hydrogen-bond acceptors (Lipinski definition) is 0. The standard InChI is InChI=1S/C11H7BF2/c13-8-4-5-11(14)9(7-8)10-3-1-2-6-12-10/h1-7H. The summed E-state index contributed by atoms with van der Waals surface area (Å²) in [5, 5.41) is 0.